The Morgan fingerprint density at radius 1 is 1.30 bits per heavy atom. The minimum Gasteiger partial charge on any atom is -0.424 e. The Balaban J connectivity index is 2.02. The van der Waals surface area contributed by atoms with E-state index in [0.717, 1.165) is 5.69 Å². The second-order valence-electron chi connectivity index (χ2n) is 4.82. The number of nitrogens with zero attached hydrogens (tertiary/aromatic N) is 1. The molecule has 0 radical (unpaired) electrons. The molecule has 0 saturated carbocycles. The summed E-state index contributed by atoms with van der Waals surface area (Å²) in [5.74, 6) is -0.276. The minimum absolute atomic E-state index is 0.123. The highest BCUT2D eigenvalue weighted by Crippen LogP contribution is 2.37. The lowest BCUT2D eigenvalue weighted by molar-refractivity contribution is -0.133. The van der Waals surface area contributed by atoms with Crippen LogP contribution in [0.15, 0.2) is 30.3 Å². The highest BCUT2D eigenvalue weighted by Gasteiger charge is 2.34. The van der Waals surface area contributed by atoms with Crippen molar-refractivity contribution in [1.82, 2.24) is 4.57 Å². The first kappa shape index (κ1) is 12.9. The molecule has 20 heavy (non-hydrogen) atoms. The summed E-state index contributed by atoms with van der Waals surface area (Å²) < 4.78 is 6.88. The summed E-state index contributed by atoms with van der Waals surface area (Å²) in [7, 11) is 1.76. The van der Waals surface area contributed by atoms with E-state index in [-0.39, 0.29) is 17.7 Å². The van der Waals surface area contributed by atoms with Crippen molar-refractivity contribution in [3.05, 3.63) is 52.3 Å². The van der Waals surface area contributed by atoms with Gasteiger partial charge >= 0.3 is 5.97 Å². The fraction of sp³-hybridized carbons (Fsp3) is 0.200. The number of carbonyl (C=O) groups is 2. The molecule has 5 heteroatoms. The van der Waals surface area contributed by atoms with E-state index in [1.54, 1.807) is 48.9 Å². The van der Waals surface area contributed by atoms with Gasteiger partial charge in [0, 0.05) is 23.7 Å². The van der Waals surface area contributed by atoms with Gasteiger partial charge in [-0.25, -0.2) is 0 Å². The van der Waals surface area contributed by atoms with Crippen LogP contribution in [0.2, 0.25) is 5.02 Å². The Bertz CT molecular complexity index is 715. The zero-order valence-electron chi connectivity index (χ0n) is 11.0. The van der Waals surface area contributed by atoms with Gasteiger partial charge in [0.05, 0.1) is 17.3 Å². The quantitative estimate of drug-likeness (QED) is 0.631. The van der Waals surface area contributed by atoms with Crippen molar-refractivity contribution in [3.8, 4) is 5.75 Å². The first-order chi connectivity index (χ1) is 9.49. The Morgan fingerprint density at radius 3 is 2.55 bits per heavy atom. The van der Waals surface area contributed by atoms with Crippen LogP contribution < -0.4 is 4.74 Å². The van der Waals surface area contributed by atoms with E-state index in [2.05, 4.69) is 0 Å². The maximum Gasteiger partial charge on any atom is 0.320 e. The van der Waals surface area contributed by atoms with E-state index < -0.39 is 0 Å². The van der Waals surface area contributed by atoms with Crippen molar-refractivity contribution in [2.24, 2.45) is 7.05 Å². The average Bonchev–Trinajstić information content (AvgIpc) is 2.88. The fourth-order valence-electron chi connectivity index (χ4n) is 2.45. The SMILES string of the molecule is CC1C(=O)Oc2cc(C(=O)c3ccc(Cl)cc3)n(C)c21. The second-order valence-corrected chi connectivity index (χ2v) is 5.25. The Morgan fingerprint density at radius 2 is 1.95 bits per heavy atom. The summed E-state index contributed by atoms with van der Waals surface area (Å²) in [6.45, 7) is 1.77. The van der Waals surface area contributed by atoms with E-state index in [4.69, 9.17) is 16.3 Å². The number of ether oxygens (including phenoxy) is 1. The number of benzene rings is 1. The van der Waals surface area contributed by atoms with Crippen LogP contribution in [0.3, 0.4) is 0 Å². The zero-order chi connectivity index (χ0) is 14.4. The maximum absolute atomic E-state index is 12.5. The molecular weight excluding hydrogens is 278 g/mol. The molecule has 4 nitrogen and oxygen atoms in total. The number of rotatable bonds is 2. The molecule has 1 aliphatic rings. The predicted octanol–water partition coefficient (Wildman–Crippen LogP) is 2.93. The third-order valence-electron chi connectivity index (χ3n) is 3.56. The van der Waals surface area contributed by atoms with Crippen molar-refractivity contribution in [2.45, 2.75) is 12.8 Å². The number of fused-ring (bicyclic) bond motifs is 1. The largest absolute Gasteiger partial charge is 0.424 e. The van der Waals surface area contributed by atoms with E-state index in [1.807, 2.05) is 0 Å². The molecule has 1 unspecified atom stereocenters. The number of esters is 1. The minimum atomic E-state index is -0.346. The van der Waals surface area contributed by atoms with Gasteiger partial charge in [0.15, 0.2) is 5.75 Å². The van der Waals surface area contributed by atoms with Crippen molar-refractivity contribution >= 4 is 23.4 Å². The van der Waals surface area contributed by atoms with Gasteiger partial charge in [-0.3, -0.25) is 9.59 Å². The third-order valence-corrected chi connectivity index (χ3v) is 3.81. The summed E-state index contributed by atoms with van der Waals surface area (Å²) in [5, 5.41) is 0.582. The smallest absolute Gasteiger partial charge is 0.320 e. The number of aromatic nitrogens is 1. The van der Waals surface area contributed by atoms with Gasteiger partial charge in [0.25, 0.3) is 0 Å². The van der Waals surface area contributed by atoms with E-state index in [9.17, 15) is 9.59 Å². The Hall–Kier alpha value is -2.07. The molecule has 0 amide bonds. The van der Waals surface area contributed by atoms with Gasteiger partial charge in [-0.1, -0.05) is 11.6 Å². The molecule has 1 atom stereocenters. The molecule has 0 aliphatic carbocycles. The first-order valence-electron chi connectivity index (χ1n) is 6.20. The van der Waals surface area contributed by atoms with Crippen LogP contribution in [0, 0.1) is 0 Å². The summed E-state index contributed by atoms with van der Waals surface area (Å²) in [5.41, 5.74) is 1.79. The number of halogens is 1. The standard InChI is InChI=1S/C15H12ClNO3/c1-8-13-12(20-15(8)19)7-11(17(13)2)14(18)9-3-5-10(16)6-4-9/h3-8H,1-2H3. The monoisotopic (exact) mass is 289 g/mol. The molecule has 1 aromatic heterocycles. The third kappa shape index (κ3) is 1.84. The highest BCUT2D eigenvalue weighted by atomic mass is 35.5. The maximum atomic E-state index is 12.5. The van der Waals surface area contributed by atoms with Crippen molar-refractivity contribution < 1.29 is 14.3 Å². The Kier molecular flexibility index (Phi) is 2.91. The molecule has 0 bridgehead atoms. The summed E-state index contributed by atoms with van der Waals surface area (Å²) in [6.07, 6.45) is 0. The average molecular weight is 290 g/mol. The van der Waals surface area contributed by atoms with Gasteiger partial charge in [0.1, 0.15) is 0 Å². The summed E-state index contributed by atoms with van der Waals surface area (Å²) >= 11 is 5.82. The lowest BCUT2D eigenvalue weighted by Gasteiger charge is -2.07. The molecule has 0 saturated heterocycles. The zero-order valence-corrected chi connectivity index (χ0v) is 11.8. The topological polar surface area (TPSA) is 48.3 Å². The Labute approximate surface area is 120 Å². The van der Waals surface area contributed by atoms with Gasteiger partial charge < -0.3 is 9.30 Å². The molecule has 1 aromatic carbocycles. The van der Waals surface area contributed by atoms with Crippen LogP contribution in [0.1, 0.15) is 34.6 Å². The van der Waals surface area contributed by atoms with Gasteiger partial charge in [-0.2, -0.15) is 0 Å². The fourth-order valence-corrected chi connectivity index (χ4v) is 2.58. The first-order valence-corrected chi connectivity index (χ1v) is 6.58. The second kappa shape index (κ2) is 4.49. The molecule has 0 N–H and O–H groups in total. The van der Waals surface area contributed by atoms with Gasteiger partial charge in [-0.15, -0.1) is 0 Å². The summed E-state index contributed by atoms with van der Waals surface area (Å²) in [4.78, 5) is 24.0. The molecular formula is C15H12ClNO3. The van der Waals surface area contributed by atoms with Crippen LogP contribution in [-0.4, -0.2) is 16.3 Å². The van der Waals surface area contributed by atoms with Crippen molar-refractivity contribution in [3.63, 3.8) is 0 Å². The predicted molar refractivity (Wildman–Crippen MR) is 74.3 cm³/mol. The lowest BCUT2D eigenvalue weighted by atomic mass is 10.1. The normalized spacial score (nSPS) is 16.9. The molecule has 2 heterocycles. The molecule has 0 fully saturated rings. The molecule has 2 aromatic rings. The van der Waals surface area contributed by atoms with Crippen LogP contribution >= 0.6 is 11.6 Å². The van der Waals surface area contributed by atoms with Gasteiger partial charge in [-0.05, 0) is 31.2 Å². The molecule has 0 spiro atoms. The molecule has 3 rings (SSSR count). The number of carbonyl (C=O) groups excluding carboxylic acids is 2. The number of hydrogen-bond acceptors (Lipinski definition) is 3. The molecule has 102 valence electrons. The van der Waals surface area contributed by atoms with E-state index in [1.165, 1.54) is 0 Å². The number of hydrogen-bond donors (Lipinski definition) is 0. The van der Waals surface area contributed by atoms with Crippen LogP contribution in [-0.2, 0) is 11.8 Å². The van der Waals surface area contributed by atoms with E-state index in [0.29, 0.717) is 22.0 Å². The van der Waals surface area contributed by atoms with Crippen molar-refractivity contribution in [2.75, 3.05) is 0 Å². The highest BCUT2D eigenvalue weighted by molar-refractivity contribution is 6.30. The summed E-state index contributed by atoms with van der Waals surface area (Å²) in [6, 6.07) is 8.33. The van der Waals surface area contributed by atoms with Crippen LogP contribution in [0.4, 0.5) is 0 Å². The van der Waals surface area contributed by atoms with Crippen LogP contribution in [0.25, 0.3) is 0 Å². The van der Waals surface area contributed by atoms with Gasteiger partial charge in [0.2, 0.25) is 5.78 Å². The van der Waals surface area contributed by atoms with E-state index >= 15 is 0 Å². The van der Waals surface area contributed by atoms with Crippen molar-refractivity contribution in [1.29, 1.82) is 0 Å². The van der Waals surface area contributed by atoms with Crippen LogP contribution in [0.5, 0.6) is 5.75 Å². The molecule has 1 aliphatic heterocycles. The lowest BCUT2D eigenvalue weighted by Crippen LogP contribution is -2.14. The number of ketones is 1.